The van der Waals surface area contributed by atoms with Gasteiger partial charge in [0, 0.05) is 25.0 Å². The zero-order chi connectivity index (χ0) is 16.3. The number of H-pyrrole nitrogens is 1. The molecule has 126 valence electrons. The first kappa shape index (κ1) is 14.3. The first-order valence-corrected chi connectivity index (χ1v) is 9.16. The number of imidazole rings is 1. The summed E-state index contributed by atoms with van der Waals surface area (Å²) in [6.45, 7) is 1.56. The van der Waals surface area contributed by atoms with Crippen LogP contribution in [0.4, 0.5) is 0 Å². The van der Waals surface area contributed by atoms with Gasteiger partial charge in [-0.2, -0.15) is 0 Å². The third kappa shape index (κ3) is 2.00. The molecule has 2 saturated carbocycles. The molecule has 1 aromatic heterocycles. The smallest absolute Gasteiger partial charge is 0.326 e. The van der Waals surface area contributed by atoms with Crippen LogP contribution in [0.3, 0.4) is 0 Å². The van der Waals surface area contributed by atoms with Gasteiger partial charge in [-0.25, -0.2) is 4.79 Å². The molecule has 1 saturated heterocycles. The highest BCUT2D eigenvalue weighted by Gasteiger charge is 2.61. The Balaban J connectivity index is 1.31. The Kier molecular flexibility index (Phi) is 2.97. The molecule has 1 aliphatic heterocycles. The van der Waals surface area contributed by atoms with E-state index in [0.717, 1.165) is 43.4 Å². The Labute approximate surface area is 140 Å². The standard InChI is InChI=1S/C19H23N3O2/c23-17(14-12-19(14)8-3-9-19)21-10-6-13(7-11-21)22-16-5-2-1-4-15(16)20-18(22)24/h1-2,4-5,13-14H,3,6-12H2,(H,20,24). The molecule has 3 aliphatic rings. The number of nitrogens with zero attached hydrogens (tertiary/aromatic N) is 2. The first-order valence-electron chi connectivity index (χ1n) is 9.16. The van der Waals surface area contributed by atoms with Crippen molar-refractivity contribution in [1.29, 1.82) is 0 Å². The molecule has 2 aromatic rings. The fraction of sp³-hybridized carbons (Fsp3) is 0.579. The minimum Gasteiger partial charge on any atom is -0.342 e. The van der Waals surface area contributed by atoms with Crippen molar-refractivity contribution in [2.45, 2.75) is 44.6 Å². The third-order valence-corrected chi connectivity index (χ3v) is 6.60. The maximum atomic E-state index is 12.7. The van der Waals surface area contributed by atoms with Crippen molar-refractivity contribution >= 4 is 16.9 Å². The largest absolute Gasteiger partial charge is 0.342 e. The molecule has 5 nitrogen and oxygen atoms in total. The zero-order valence-corrected chi connectivity index (χ0v) is 13.8. The normalized spacial score (nSPS) is 25.8. The van der Waals surface area contributed by atoms with Crippen molar-refractivity contribution in [2.75, 3.05) is 13.1 Å². The van der Waals surface area contributed by atoms with Crippen LogP contribution in [-0.2, 0) is 4.79 Å². The van der Waals surface area contributed by atoms with Crippen molar-refractivity contribution in [3.8, 4) is 0 Å². The summed E-state index contributed by atoms with van der Waals surface area (Å²) in [5.74, 6) is 0.679. The predicted molar refractivity (Wildman–Crippen MR) is 91.8 cm³/mol. The van der Waals surface area contributed by atoms with Gasteiger partial charge in [-0.15, -0.1) is 0 Å². The van der Waals surface area contributed by atoms with Crippen LogP contribution in [0.15, 0.2) is 29.1 Å². The molecule has 1 unspecified atom stereocenters. The van der Waals surface area contributed by atoms with Crippen LogP contribution in [0.25, 0.3) is 11.0 Å². The summed E-state index contributed by atoms with van der Waals surface area (Å²) in [7, 11) is 0. The van der Waals surface area contributed by atoms with Gasteiger partial charge < -0.3 is 9.88 Å². The van der Waals surface area contributed by atoms with Gasteiger partial charge in [0.2, 0.25) is 5.91 Å². The number of aromatic nitrogens is 2. The monoisotopic (exact) mass is 325 g/mol. The number of para-hydroxylation sites is 2. The number of aromatic amines is 1. The van der Waals surface area contributed by atoms with Crippen LogP contribution in [0.5, 0.6) is 0 Å². The Bertz CT molecular complexity index is 853. The van der Waals surface area contributed by atoms with Crippen LogP contribution in [0.1, 0.15) is 44.6 Å². The number of rotatable bonds is 2. The number of hydrogen-bond acceptors (Lipinski definition) is 2. The van der Waals surface area contributed by atoms with E-state index in [1.165, 1.54) is 19.3 Å². The molecule has 5 heteroatoms. The van der Waals surface area contributed by atoms with Gasteiger partial charge in [-0.05, 0) is 49.7 Å². The molecule has 1 amide bonds. The number of benzene rings is 1. The SMILES string of the molecule is O=C(C1CC12CCC2)N1CCC(n2c(=O)[nH]c3ccccc32)CC1. The Morgan fingerprint density at radius 3 is 2.58 bits per heavy atom. The second-order valence-corrected chi connectivity index (χ2v) is 7.85. The molecule has 1 spiro atoms. The molecule has 1 N–H and O–H groups in total. The zero-order valence-electron chi connectivity index (χ0n) is 13.8. The number of carbonyl (C=O) groups is 1. The summed E-state index contributed by atoms with van der Waals surface area (Å²) in [6.07, 6.45) is 6.67. The first-order chi connectivity index (χ1) is 11.7. The summed E-state index contributed by atoms with van der Waals surface area (Å²) in [6, 6.07) is 8.03. The maximum absolute atomic E-state index is 12.7. The maximum Gasteiger partial charge on any atom is 0.326 e. The summed E-state index contributed by atoms with van der Waals surface area (Å²) in [4.78, 5) is 30.0. The number of likely N-dealkylation sites (tertiary alicyclic amines) is 1. The predicted octanol–water partition coefficient (Wildman–Crippen LogP) is 2.68. The lowest BCUT2D eigenvalue weighted by Crippen LogP contribution is -2.42. The van der Waals surface area contributed by atoms with Gasteiger partial charge in [0.05, 0.1) is 11.0 Å². The van der Waals surface area contributed by atoms with E-state index in [-0.39, 0.29) is 11.7 Å². The molecule has 24 heavy (non-hydrogen) atoms. The van der Waals surface area contributed by atoms with Gasteiger partial charge in [0.15, 0.2) is 0 Å². The molecule has 1 atom stereocenters. The van der Waals surface area contributed by atoms with E-state index in [0.29, 0.717) is 17.2 Å². The quantitative estimate of drug-likeness (QED) is 0.923. The highest BCUT2D eigenvalue weighted by atomic mass is 16.2. The average molecular weight is 325 g/mol. The van der Waals surface area contributed by atoms with Gasteiger partial charge >= 0.3 is 5.69 Å². The summed E-state index contributed by atoms with van der Waals surface area (Å²) < 4.78 is 1.89. The second-order valence-electron chi connectivity index (χ2n) is 7.85. The van der Waals surface area contributed by atoms with E-state index in [1.807, 2.05) is 33.7 Å². The summed E-state index contributed by atoms with van der Waals surface area (Å²) >= 11 is 0. The minimum atomic E-state index is -0.0309. The van der Waals surface area contributed by atoms with Crippen molar-refractivity contribution < 1.29 is 4.79 Å². The molecular formula is C19H23N3O2. The van der Waals surface area contributed by atoms with E-state index in [2.05, 4.69) is 4.98 Å². The van der Waals surface area contributed by atoms with Gasteiger partial charge in [0.1, 0.15) is 0 Å². The van der Waals surface area contributed by atoms with E-state index >= 15 is 0 Å². The van der Waals surface area contributed by atoms with E-state index < -0.39 is 0 Å². The lowest BCUT2D eigenvalue weighted by atomic mass is 9.79. The van der Waals surface area contributed by atoms with Crippen LogP contribution >= 0.6 is 0 Å². The topological polar surface area (TPSA) is 58.1 Å². The fourth-order valence-electron chi connectivity index (χ4n) is 4.88. The van der Waals surface area contributed by atoms with Crippen molar-refractivity contribution in [3.05, 3.63) is 34.7 Å². The molecular weight excluding hydrogens is 302 g/mol. The fourth-order valence-corrected chi connectivity index (χ4v) is 4.88. The lowest BCUT2D eigenvalue weighted by Gasteiger charge is -2.34. The number of amides is 1. The van der Waals surface area contributed by atoms with E-state index in [9.17, 15) is 9.59 Å². The summed E-state index contributed by atoms with van der Waals surface area (Å²) in [5.41, 5.74) is 2.24. The molecule has 2 aliphatic carbocycles. The van der Waals surface area contributed by atoms with Crippen LogP contribution in [-0.4, -0.2) is 33.4 Å². The number of carbonyl (C=O) groups excluding carboxylic acids is 1. The third-order valence-electron chi connectivity index (χ3n) is 6.60. The number of nitrogens with one attached hydrogen (secondary N) is 1. The molecule has 5 rings (SSSR count). The number of fused-ring (bicyclic) bond motifs is 1. The molecule has 0 bridgehead atoms. The Hall–Kier alpha value is -2.04. The van der Waals surface area contributed by atoms with Crippen LogP contribution < -0.4 is 5.69 Å². The molecule has 1 aromatic carbocycles. The van der Waals surface area contributed by atoms with Gasteiger partial charge in [-0.1, -0.05) is 18.6 Å². The molecule has 0 radical (unpaired) electrons. The Morgan fingerprint density at radius 2 is 1.92 bits per heavy atom. The summed E-state index contributed by atoms with van der Waals surface area (Å²) in [5, 5.41) is 0. The van der Waals surface area contributed by atoms with Gasteiger partial charge in [0.25, 0.3) is 0 Å². The minimum absolute atomic E-state index is 0.0309. The van der Waals surface area contributed by atoms with Crippen molar-refractivity contribution in [3.63, 3.8) is 0 Å². The van der Waals surface area contributed by atoms with E-state index in [1.54, 1.807) is 0 Å². The van der Waals surface area contributed by atoms with Gasteiger partial charge in [-0.3, -0.25) is 9.36 Å². The lowest BCUT2D eigenvalue weighted by molar-refractivity contribution is -0.135. The number of hydrogen-bond donors (Lipinski definition) is 1. The highest BCUT2D eigenvalue weighted by Crippen LogP contribution is 2.66. The molecule has 3 fully saturated rings. The number of piperidine rings is 1. The Morgan fingerprint density at radius 1 is 1.17 bits per heavy atom. The van der Waals surface area contributed by atoms with Crippen molar-refractivity contribution in [2.24, 2.45) is 11.3 Å². The average Bonchev–Trinajstić information content (AvgIpc) is 3.25. The van der Waals surface area contributed by atoms with E-state index in [4.69, 9.17) is 0 Å². The highest BCUT2D eigenvalue weighted by molar-refractivity contribution is 5.83. The van der Waals surface area contributed by atoms with Crippen LogP contribution in [0, 0.1) is 11.3 Å². The van der Waals surface area contributed by atoms with Crippen LogP contribution in [0.2, 0.25) is 0 Å². The molecule has 2 heterocycles. The van der Waals surface area contributed by atoms with Crippen molar-refractivity contribution in [1.82, 2.24) is 14.5 Å². The second kappa shape index (κ2) is 4.98.